The van der Waals surface area contributed by atoms with Crippen molar-refractivity contribution in [2.24, 2.45) is 0 Å². The summed E-state index contributed by atoms with van der Waals surface area (Å²) in [6.07, 6.45) is 6.33. The van der Waals surface area contributed by atoms with Gasteiger partial charge in [-0.1, -0.05) is 12.1 Å². The number of nitrogens with one attached hydrogen (secondary N) is 2. The number of benzene rings is 2. The second-order valence-electron chi connectivity index (χ2n) is 7.01. The summed E-state index contributed by atoms with van der Waals surface area (Å²) in [5.41, 5.74) is 4.00. The van der Waals surface area contributed by atoms with E-state index in [4.69, 9.17) is 0 Å². The Morgan fingerprint density at radius 1 is 1.08 bits per heavy atom. The van der Waals surface area contributed by atoms with Crippen LogP contribution in [0.25, 0.3) is 0 Å². The fraction of sp³-hybridized carbons (Fsp3) is 0.350. The van der Waals surface area contributed by atoms with Gasteiger partial charge in [0.2, 0.25) is 0 Å². The van der Waals surface area contributed by atoms with Crippen LogP contribution < -0.4 is 10.6 Å². The second-order valence-corrected chi connectivity index (χ2v) is 7.01. The average Bonchev–Trinajstić information content (AvgIpc) is 3.46. The van der Waals surface area contributed by atoms with E-state index in [1.807, 2.05) is 12.1 Å². The number of amides is 1. The van der Waals surface area contributed by atoms with Gasteiger partial charge in [0.05, 0.1) is 4.92 Å². The van der Waals surface area contributed by atoms with Crippen LogP contribution in [0.5, 0.6) is 0 Å². The van der Waals surface area contributed by atoms with Crippen molar-refractivity contribution in [3.8, 4) is 0 Å². The summed E-state index contributed by atoms with van der Waals surface area (Å²) in [6.45, 7) is 0. The molecule has 0 heterocycles. The lowest BCUT2D eigenvalue weighted by Gasteiger charge is -2.19. The van der Waals surface area contributed by atoms with E-state index in [9.17, 15) is 14.9 Å². The van der Waals surface area contributed by atoms with Crippen molar-refractivity contribution in [3.63, 3.8) is 0 Å². The third-order valence-electron chi connectivity index (χ3n) is 5.04. The third-order valence-corrected chi connectivity index (χ3v) is 5.04. The Morgan fingerprint density at radius 3 is 2.65 bits per heavy atom. The maximum atomic E-state index is 12.7. The minimum atomic E-state index is -0.439. The first-order valence-electron chi connectivity index (χ1n) is 9.09. The summed E-state index contributed by atoms with van der Waals surface area (Å²) in [5, 5.41) is 17.5. The van der Waals surface area contributed by atoms with Gasteiger partial charge in [-0.25, -0.2) is 0 Å². The summed E-state index contributed by atoms with van der Waals surface area (Å²) >= 11 is 0. The molecular weight excluding hydrogens is 330 g/mol. The van der Waals surface area contributed by atoms with Crippen molar-refractivity contribution in [3.05, 3.63) is 63.2 Å². The Bertz CT molecular complexity index is 875. The molecule has 4 rings (SSSR count). The van der Waals surface area contributed by atoms with Gasteiger partial charge in [-0.2, -0.15) is 0 Å². The highest BCUT2D eigenvalue weighted by Crippen LogP contribution is 2.32. The van der Waals surface area contributed by atoms with Gasteiger partial charge in [-0.05, 0) is 67.9 Å². The molecule has 0 unspecified atom stereocenters. The van der Waals surface area contributed by atoms with Crippen LogP contribution in [0.4, 0.5) is 17.1 Å². The number of rotatable bonds is 5. The SMILES string of the molecule is O=C(Nc1cccc2c1CCCC2)c1ccc(NC2CC2)c([N+](=O)[O-])c1. The van der Waals surface area contributed by atoms with Gasteiger partial charge < -0.3 is 10.6 Å². The van der Waals surface area contributed by atoms with E-state index in [1.165, 1.54) is 23.6 Å². The lowest BCUT2D eigenvalue weighted by molar-refractivity contribution is -0.384. The van der Waals surface area contributed by atoms with Gasteiger partial charge in [0.15, 0.2) is 0 Å². The van der Waals surface area contributed by atoms with Gasteiger partial charge in [0.1, 0.15) is 5.69 Å². The van der Waals surface area contributed by atoms with E-state index in [2.05, 4.69) is 16.7 Å². The minimum Gasteiger partial charge on any atom is -0.377 e. The molecule has 134 valence electrons. The molecule has 6 nitrogen and oxygen atoms in total. The van der Waals surface area contributed by atoms with Crippen LogP contribution in [-0.4, -0.2) is 16.9 Å². The predicted octanol–water partition coefficient (Wildman–Crippen LogP) is 4.30. The number of anilines is 2. The Labute approximate surface area is 151 Å². The Kier molecular flexibility index (Phi) is 4.32. The Balaban J connectivity index is 1.58. The molecule has 0 spiro atoms. The largest absolute Gasteiger partial charge is 0.377 e. The molecule has 1 amide bonds. The molecular formula is C20H21N3O3. The zero-order valence-corrected chi connectivity index (χ0v) is 14.5. The Hall–Kier alpha value is -2.89. The van der Waals surface area contributed by atoms with E-state index < -0.39 is 4.92 Å². The lowest BCUT2D eigenvalue weighted by Crippen LogP contribution is -2.16. The van der Waals surface area contributed by atoms with Crippen molar-refractivity contribution in [2.75, 3.05) is 10.6 Å². The zero-order valence-electron chi connectivity index (χ0n) is 14.5. The van der Waals surface area contributed by atoms with E-state index in [0.717, 1.165) is 37.8 Å². The molecule has 2 N–H and O–H groups in total. The third kappa shape index (κ3) is 3.40. The highest BCUT2D eigenvalue weighted by Gasteiger charge is 2.25. The van der Waals surface area contributed by atoms with Gasteiger partial charge in [0, 0.05) is 23.4 Å². The number of aryl methyl sites for hydroxylation is 1. The van der Waals surface area contributed by atoms with Crippen LogP contribution >= 0.6 is 0 Å². The maximum Gasteiger partial charge on any atom is 0.293 e. The lowest BCUT2D eigenvalue weighted by atomic mass is 9.90. The molecule has 0 bridgehead atoms. The standard InChI is InChI=1S/C20H21N3O3/c24-20(22-17-7-3-5-13-4-1-2-6-16(13)17)14-8-11-18(21-15-9-10-15)19(12-14)23(25)26/h3,5,7-8,11-12,15,21H,1-2,4,6,9-10H2,(H,22,24). The normalized spacial score (nSPS) is 15.8. The number of hydrogen-bond acceptors (Lipinski definition) is 4. The van der Waals surface area contributed by atoms with Crippen LogP contribution in [0.2, 0.25) is 0 Å². The zero-order chi connectivity index (χ0) is 18.1. The number of hydrogen-bond donors (Lipinski definition) is 2. The minimum absolute atomic E-state index is 0.0559. The first kappa shape index (κ1) is 16.6. The van der Waals surface area contributed by atoms with Crippen LogP contribution in [0, 0.1) is 10.1 Å². The summed E-state index contributed by atoms with van der Waals surface area (Å²) < 4.78 is 0. The van der Waals surface area contributed by atoms with E-state index in [1.54, 1.807) is 12.1 Å². The van der Waals surface area contributed by atoms with Gasteiger partial charge >= 0.3 is 0 Å². The maximum absolute atomic E-state index is 12.7. The molecule has 6 heteroatoms. The molecule has 2 aliphatic carbocycles. The fourth-order valence-corrected chi connectivity index (χ4v) is 3.49. The first-order chi connectivity index (χ1) is 12.6. The molecule has 0 saturated heterocycles. The number of nitrogens with zero attached hydrogens (tertiary/aromatic N) is 1. The van der Waals surface area contributed by atoms with Crippen molar-refractivity contribution in [2.45, 2.75) is 44.6 Å². The summed E-state index contributed by atoms with van der Waals surface area (Å²) in [7, 11) is 0. The van der Waals surface area contributed by atoms with Gasteiger partial charge in [0.25, 0.3) is 11.6 Å². The van der Waals surface area contributed by atoms with E-state index >= 15 is 0 Å². The fourth-order valence-electron chi connectivity index (χ4n) is 3.49. The molecule has 0 atom stereocenters. The monoisotopic (exact) mass is 351 g/mol. The van der Waals surface area contributed by atoms with Gasteiger partial charge in [-0.3, -0.25) is 14.9 Å². The van der Waals surface area contributed by atoms with Crippen LogP contribution in [0.1, 0.15) is 47.2 Å². The molecule has 0 aliphatic heterocycles. The topological polar surface area (TPSA) is 84.3 Å². The first-order valence-corrected chi connectivity index (χ1v) is 9.09. The quantitative estimate of drug-likeness (QED) is 0.621. The number of nitro groups is 1. The second kappa shape index (κ2) is 6.78. The molecule has 1 fully saturated rings. The average molecular weight is 351 g/mol. The highest BCUT2D eigenvalue weighted by atomic mass is 16.6. The summed E-state index contributed by atoms with van der Waals surface area (Å²) in [5.74, 6) is -0.315. The van der Waals surface area contributed by atoms with Crippen molar-refractivity contribution in [1.29, 1.82) is 0 Å². The van der Waals surface area contributed by atoms with Crippen LogP contribution in [-0.2, 0) is 12.8 Å². The van der Waals surface area contributed by atoms with E-state index in [0.29, 0.717) is 17.3 Å². The smallest absolute Gasteiger partial charge is 0.293 e. The van der Waals surface area contributed by atoms with Crippen LogP contribution in [0.15, 0.2) is 36.4 Å². The molecule has 0 aromatic heterocycles. The Morgan fingerprint density at radius 2 is 1.88 bits per heavy atom. The van der Waals surface area contributed by atoms with E-state index in [-0.39, 0.29) is 11.6 Å². The molecule has 2 aliphatic rings. The van der Waals surface area contributed by atoms with Crippen molar-refractivity contribution < 1.29 is 9.72 Å². The molecule has 26 heavy (non-hydrogen) atoms. The summed E-state index contributed by atoms with van der Waals surface area (Å²) in [4.78, 5) is 23.6. The number of fused-ring (bicyclic) bond motifs is 1. The molecule has 2 aromatic carbocycles. The van der Waals surface area contributed by atoms with Crippen LogP contribution in [0.3, 0.4) is 0 Å². The number of nitro benzene ring substituents is 1. The highest BCUT2D eigenvalue weighted by molar-refractivity contribution is 6.05. The molecule has 1 saturated carbocycles. The molecule has 0 radical (unpaired) electrons. The number of carbonyl (C=O) groups excluding carboxylic acids is 1. The molecule has 2 aromatic rings. The number of carbonyl (C=O) groups is 1. The van der Waals surface area contributed by atoms with Crippen molar-refractivity contribution in [1.82, 2.24) is 0 Å². The summed E-state index contributed by atoms with van der Waals surface area (Å²) in [6, 6.07) is 10.9. The van der Waals surface area contributed by atoms with Gasteiger partial charge in [-0.15, -0.1) is 0 Å². The van der Waals surface area contributed by atoms with Crippen molar-refractivity contribution >= 4 is 23.0 Å². The predicted molar refractivity (Wildman–Crippen MR) is 101 cm³/mol.